The minimum Gasteiger partial charge on any atom is -0.476 e. The lowest BCUT2D eigenvalue weighted by Crippen LogP contribution is -2.18. The Morgan fingerprint density at radius 3 is 2.48 bits per heavy atom. The zero-order valence-electron chi connectivity index (χ0n) is 14.3. The van der Waals surface area contributed by atoms with Crippen LogP contribution in [0.2, 0.25) is 0 Å². The summed E-state index contributed by atoms with van der Waals surface area (Å²) in [6.45, 7) is -0.732. The summed E-state index contributed by atoms with van der Waals surface area (Å²) < 4.78 is 18.9. The molecule has 0 radical (unpaired) electrons. The zero-order chi connectivity index (χ0) is 18.2. The van der Waals surface area contributed by atoms with Gasteiger partial charge in [0.2, 0.25) is 5.88 Å². The Morgan fingerprint density at radius 2 is 1.92 bits per heavy atom. The smallest absolute Gasteiger partial charge is 0.227 e. The van der Waals surface area contributed by atoms with Crippen molar-refractivity contribution in [1.29, 1.82) is 0 Å². The minimum absolute atomic E-state index is 0.114. The van der Waals surface area contributed by atoms with Gasteiger partial charge in [-0.25, -0.2) is 4.98 Å². The number of halogens is 2. The Bertz CT molecular complexity index is 701. The average molecular weight is 452 g/mol. The molecule has 6 heteroatoms. The Morgan fingerprint density at radius 1 is 1.24 bits per heavy atom. The second kappa shape index (κ2) is 9.72. The number of nitrogens with zero attached hydrogens (tertiary/aromatic N) is 2. The van der Waals surface area contributed by atoms with Crippen molar-refractivity contribution in [3.63, 3.8) is 0 Å². The topological polar surface area (TPSA) is 45.6 Å². The fourth-order valence-electron chi connectivity index (χ4n) is 2.06. The van der Waals surface area contributed by atoms with E-state index < -0.39 is 12.6 Å². The fourth-order valence-corrected chi connectivity index (χ4v) is 2.71. The second-order valence-electron chi connectivity index (χ2n) is 5.89. The molecule has 2 aromatic rings. The van der Waals surface area contributed by atoms with E-state index in [0.29, 0.717) is 5.88 Å². The maximum atomic E-state index is 12.6. The molecule has 4 nitrogen and oxygen atoms in total. The first kappa shape index (κ1) is 19.7. The number of anilines is 1. The molecule has 0 saturated carbocycles. The number of aromatic nitrogens is 1. The summed E-state index contributed by atoms with van der Waals surface area (Å²) in [6, 6.07) is 10.2. The Balaban J connectivity index is 2.02. The third-order valence-corrected chi connectivity index (χ3v) is 4.41. The molecule has 1 aromatic heterocycles. The van der Waals surface area contributed by atoms with Gasteiger partial charge in [0.25, 0.3) is 0 Å². The van der Waals surface area contributed by atoms with Crippen LogP contribution in [-0.2, 0) is 0 Å². The lowest BCUT2D eigenvalue weighted by atomic mass is 10.1. The van der Waals surface area contributed by atoms with E-state index in [1.165, 1.54) is 0 Å². The molecule has 1 atom stereocenters. The predicted octanol–water partition coefficient (Wildman–Crippen LogP) is 3.88. The van der Waals surface area contributed by atoms with Crippen LogP contribution in [0.5, 0.6) is 5.88 Å². The normalized spacial score (nSPS) is 12.4. The van der Waals surface area contributed by atoms with Crippen LogP contribution in [0.4, 0.5) is 10.1 Å². The first-order chi connectivity index (χ1) is 12.0. The summed E-state index contributed by atoms with van der Waals surface area (Å²) >= 11 is 2.14. The van der Waals surface area contributed by atoms with Gasteiger partial charge in [0, 0.05) is 31.9 Å². The average Bonchev–Trinajstić information content (AvgIpc) is 2.62. The van der Waals surface area contributed by atoms with Crippen molar-refractivity contribution in [3.05, 3.63) is 51.2 Å². The highest BCUT2D eigenvalue weighted by Crippen LogP contribution is 2.21. The van der Waals surface area contributed by atoms with E-state index in [1.807, 2.05) is 32.3 Å². The van der Waals surface area contributed by atoms with E-state index in [4.69, 9.17) is 9.84 Å². The van der Waals surface area contributed by atoms with E-state index in [2.05, 4.69) is 56.7 Å². The van der Waals surface area contributed by atoms with Crippen molar-refractivity contribution in [2.24, 2.45) is 5.92 Å². The number of pyridine rings is 1. The molecule has 0 fully saturated rings. The van der Waals surface area contributed by atoms with Gasteiger partial charge in [-0.05, 0) is 51.9 Å². The minimum atomic E-state index is -0.611. The molecule has 2 rings (SSSR count). The highest BCUT2D eigenvalue weighted by Gasteiger charge is 2.10. The van der Waals surface area contributed by atoms with Crippen molar-refractivity contribution in [3.8, 4) is 5.88 Å². The molecule has 1 aromatic carbocycles. The number of aliphatic hydroxyl groups is 1. The van der Waals surface area contributed by atoms with Crippen LogP contribution in [0.15, 0.2) is 36.5 Å². The van der Waals surface area contributed by atoms with Gasteiger partial charge in [-0.2, -0.15) is 0 Å². The summed E-state index contributed by atoms with van der Waals surface area (Å²) in [6.07, 6.45) is 5.73. The monoisotopic (exact) mass is 452 g/mol. The first-order valence-corrected chi connectivity index (χ1v) is 9.02. The third kappa shape index (κ3) is 5.97. The number of hydrogen-bond acceptors (Lipinski definition) is 4. The van der Waals surface area contributed by atoms with E-state index in [-0.39, 0.29) is 13.2 Å². The Kier molecular flexibility index (Phi) is 7.64. The van der Waals surface area contributed by atoms with Gasteiger partial charge in [-0.15, -0.1) is 0 Å². The van der Waals surface area contributed by atoms with Crippen LogP contribution in [0.1, 0.15) is 11.1 Å². The van der Waals surface area contributed by atoms with E-state index in [0.717, 1.165) is 20.4 Å². The molecule has 0 aliphatic rings. The summed E-state index contributed by atoms with van der Waals surface area (Å²) in [5.74, 6) is -0.0534. The van der Waals surface area contributed by atoms with Gasteiger partial charge in [0.1, 0.15) is 0 Å². The Hall–Kier alpha value is -1.67. The van der Waals surface area contributed by atoms with Gasteiger partial charge in [-0.3, -0.25) is 4.39 Å². The SMILES string of the molecule is CN(C)c1ccc(/C=C/c2cnc(OCC(CO)CF)c([123I])c2)cc1. The van der Waals surface area contributed by atoms with Crippen LogP contribution in [0.3, 0.4) is 0 Å². The molecule has 0 aliphatic heterocycles. The van der Waals surface area contributed by atoms with Crippen LogP contribution in [-0.4, -0.2) is 44.1 Å². The third-order valence-electron chi connectivity index (χ3n) is 3.64. The molecule has 0 saturated heterocycles. The van der Waals surface area contributed by atoms with Crippen molar-refractivity contribution < 1.29 is 14.2 Å². The molecular formula is C19H22FIN2O2. The van der Waals surface area contributed by atoms with E-state index in [1.54, 1.807) is 6.20 Å². The van der Waals surface area contributed by atoms with Gasteiger partial charge < -0.3 is 14.7 Å². The molecule has 1 unspecified atom stereocenters. The zero-order valence-corrected chi connectivity index (χ0v) is 16.5. The molecule has 1 N–H and O–H groups in total. The Labute approximate surface area is 161 Å². The van der Waals surface area contributed by atoms with Gasteiger partial charge in [0.05, 0.1) is 23.5 Å². The van der Waals surface area contributed by atoms with Crippen molar-refractivity contribution in [2.45, 2.75) is 0 Å². The molecule has 0 spiro atoms. The number of benzene rings is 1. The summed E-state index contributed by atoms with van der Waals surface area (Å²) in [5, 5.41) is 8.99. The molecule has 0 bridgehead atoms. The second-order valence-corrected chi connectivity index (χ2v) is 7.05. The van der Waals surface area contributed by atoms with Crippen molar-refractivity contribution in [1.82, 2.24) is 4.98 Å². The number of hydrogen-bond donors (Lipinski definition) is 1. The number of ether oxygens (including phenoxy) is 1. The molecule has 25 heavy (non-hydrogen) atoms. The van der Waals surface area contributed by atoms with Crippen LogP contribution < -0.4 is 9.64 Å². The molecule has 0 amide bonds. The summed E-state index contributed by atoms with van der Waals surface area (Å²) in [4.78, 5) is 6.33. The number of alkyl halides is 1. The summed E-state index contributed by atoms with van der Waals surface area (Å²) in [5.41, 5.74) is 3.22. The maximum Gasteiger partial charge on any atom is 0.227 e. The van der Waals surface area contributed by atoms with Gasteiger partial charge in [-0.1, -0.05) is 24.3 Å². The summed E-state index contributed by atoms with van der Waals surface area (Å²) in [7, 11) is 4.02. The predicted molar refractivity (Wildman–Crippen MR) is 109 cm³/mol. The maximum absolute atomic E-state index is 12.6. The van der Waals surface area contributed by atoms with Crippen molar-refractivity contribution in [2.75, 3.05) is 38.9 Å². The fraction of sp³-hybridized carbons (Fsp3) is 0.316. The lowest BCUT2D eigenvalue weighted by Gasteiger charge is -2.12. The quantitative estimate of drug-likeness (QED) is 0.618. The number of rotatable bonds is 8. The number of aliphatic hydroxyl groups excluding tert-OH is 1. The van der Waals surface area contributed by atoms with E-state index in [9.17, 15) is 4.39 Å². The molecule has 134 valence electrons. The van der Waals surface area contributed by atoms with Crippen LogP contribution in [0, 0.1) is 9.49 Å². The van der Waals surface area contributed by atoms with Gasteiger partial charge >= 0.3 is 0 Å². The largest absolute Gasteiger partial charge is 0.476 e. The van der Waals surface area contributed by atoms with Crippen molar-refractivity contribution >= 4 is 40.4 Å². The molecule has 0 aliphatic carbocycles. The standard InChI is InChI=1S/C19H22FIN2O2/c1-23(2)17-7-5-14(6-8-17)3-4-15-9-18(21)19(22-11-15)25-13-16(10-20)12-24/h3-9,11,16,24H,10,12-13H2,1-2H3/b4-3+/i21-4. The van der Waals surface area contributed by atoms with Crippen LogP contribution >= 0.6 is 22.6 Å². The highest BCUT2D eigenvalue weighted by molar-refractivity contribution is 14.1. The molecular weight excluding hydrogens is 430 g/mol. The van der Waals surface area contributed by atoms with E-state index >= 15 is 0 Å². The molecule has 1 heterocycles. The lowest BCUT2D eigenvalue weighted by molar-refractivity contribution is 0.137. The van der Waals surface area contributed by atoms with Gasteiger partial charge in [0.15, 0.2) is 0 Å². The highest BCUT2D eigenvalue weighted by atomic mass is 123. The van der Waals surface area contributed by atoms with Crippen LogP contribution in [0.25, 0.3) is 12.2 Å². The first-order valence-electron chi connectivity index (χ1n) is 7.94.